The van der Waals surface area contributed by atoms with Crippen LogP contribution in [0.15, 0.2) is 42.7 Å². The molecule has 0 radical (unpaired) electrons. The van der Waals surface area contributed by atoms with E-state index in [1.165, 1.54) is 10.1 Å². The van der Waals surface area contributed by atoms with E-state index >= 15 is 0 Å². The van der Waals surface area contributed by atoms with Crippen molar-refractivity contribution < 1.29 is 4.79 Å². The summed E-state index contributed by atoms with van der Waals surface area (Å²) < 4.78 is 1.47. The van der Waals surface area contributed by atoms with E-state index in [1.54, 1.807) is 18.5 Å². The van der Waals surface area contributed by atoms with Gasteiger partial charge in [0, 0.05) is 18.1 Å². The first kappa shape index (κ1) is 14.2. The number of hydrogen-bond donors (Lipinski definition) is 1. The molecule has 1 amide bonds. The molecule has 6 nitrogen and oxygen atoms in total. The van der Waals surface area contributed by atoms with E-state index in [2.05, 4.69) is 34.2 Å². The van der Waals surface area contributed by atoms with E-state index in [1.807, 2.05) is 24.3 Å². The standard InChI is InChI=1S/C16H17N5O/c1-3-11(2)12-5-7-13(8-6-12)18-15(22)14-19-16-17-9-4-10-21(16)20-14/h4-11H,3H2,1-2H3,(H,18,22)/t11-/m1/s1. The lowest BCUT2D eigenvalue weighted by Crippen LogP contribution is -2.14. The van der Waals surface area contributed by atoms with Crippen molar-refractivity contribution in [1.82, 2.24) is 19.6 Å². The molecular weight excluding hydrogens is 278 g/mol. The van der Waals surface area contributed by atoms with Gasteiger partial charge in [-0.05, 0) is 36.1 Å². The Morgan fingerprint density at radius 2 is 2.09 bits per heavy atom. The van der Waals surface area contributed by atoms with Gasteiger partial charge in [-0.15, -0.1) is 5.10 Å². The Bertz CT molecular complexity index is 761. The van der Waals surface area contributed by atoms with Crippen LogP contribution in [0.1, 0.15) is 42.4 Å². The van der Waals surface area contributed by atoms with Gasteiger partial charge in [0.15, 0.2) is 0 Å². The maximum Gasteiger partial charge on any atom is 0.295 e. The number of nitrogens with one attached hydrogen (secondary N) is 1. The lowest BCUT2D eigenvalue weighted by atomic mass is 9.99. The average Bonchev–Trinajstić information content (AvgIpc) is 2.99. The summed E-state index contributed by atoms with van der Waals surface area (Å²) >= 11 is 0. The lowest BCUT2D eigenvalue weighted by Gasteiger charge is -2.09. The molecule has 2 aromatic heterocycles. The fourth-order valence-electron chi connectivity index (χ4n) is 2.15. The normalized spacial score (nSPS) is 12.3. The molecule has 0 spiro atoms. The zero-order chi connectivity index (χ0) is 15.5. The van der Waals surface area contributed by atoms with Crippen LogP contribution >= 0.6 is 0 Å². The molecule has 3 rings (SSSR count). The lowest BCUT2D eigenvalue weighted by molar-refractivity contribution is 0.101. The summed E-state index contributed by atoms with van der Waals surface area (Å²) in [6, 6.07) is 9.59. The van der Waals surface area contributed by atoms with Gasteiger partial charge in [0.25, 0.3) is 11.7 Å². The number of nitrogens with zero attached hydrogens (tertiary/aromatic N) is 4. The Morgan fingerprint density at radius 1 is 1.32 bits per heavy atom. The van der Waals surface area contributed by atoms with Crippen molar-refractivity contribution in [2.45, 2.75) is 26.2 Å². The molecule has 1 N–H and O–H groups in total. The Kier molecular flexibility index (Phi) is 3.82. The predicted molar refractivity (Wildman–Crippen MR) is 83.9 cm³/mol. The van der Waals surface area contributed by atoms with Crippen molar-refractivity contribution in [2.24, 2.45) is 0 Å². The largest absolute Gasteiger partial charge is 0.319 e. The van der Waals surface area contributed by atoms with E-state index in [4.69, 9.17) is 0 Å². The smallest absolute Gasteiger partial charge is 0.295 e. The zero-order valence-electron chi connectivity index (χ0n) is 12.5. The Morgan fingerprint density at radius 3 is 2.77 bits per heavy atom. The minimum absolute atomic E-state index is 0.102. The number of hydrogen-bond acceptors (Lipinski definition) is 4. The fourth-order valence-corrected chi connectivity index (χ4v) is 2.15. The molecule has 112 valence electrons. The highest BCUT2D eigenvalue weighted by molar-refractivity contribution is 6.01. The summed E-state index contributed by atoms with van der Waals surface area (Å²) in [5, 5.41) is 6.90. The first-order chi connectivity index (χ1) is 10.7. The van der Waals surface area contributed by atoms with Crippen LogP contribution in [-0.2, 0) is 0 Å². The van der Waals surface area contributed by atoms with Gasteiger partial charge in [-0.3, -0.25) is 4.79 Å². The maximum atomic E-state index is 12.2. The van der Waals surface area contributed by atoms with E-state index in [0.717, 1.165) is 12.1 Å². The van der Waals surface area contributed by atoms with Crippen LogP contribution in [0.4, 0.5) is 5.69 Å². The van der Waals surface area contributed by atoms with E-state index in [0.29, 0.717) is 11.7 Å². The maximum absolute atomic E-state index is 12.2. The van der Waals surface area contributed by atoms with Crippen LogP contribution in [0.2, 0.25) is 0 Å². The van der Waals surface area contributed by atoms with Gasteiger partial charge >= 0.3 is 0 Å². The van der Waals surface area contributed by atoms with Gasteiger partial charge < -0.3 is 5.32 Å². The van der Waals surface area contributed by atoms with Gasteiger partial charge in [0.05, 0.1) is 0 Å². The van der Waals surface area contributed by atoms with Crippen LogP contribution in [0.5, 0.6) is 0 Å². The van der Waals surface area contributed by atoms with Gasteiger partial charge in [-0.1, -0.05) is 26.0 Å². The molecule has 0 saturated heterocycles. The number of fused-ring (bicyclic) bond motifs is 1. The third-order valence-electron chi connectivity index (χ3n) is 3.67. The molecule has 0 aliphatic rings. The number of carbonyl (C=O) groups excluding carboxylic acids is 1. The summed E-state index contributed by atoms with van der Waals surface area (Å²) in [5.74, 6) is 0.669. The van der Waals surface area contributed by atoms with Crippen molar-refractivity contribution >= 4 is 17.4 Å². The molecule has 6 heteroatoms. The second-order valence-corrected chi connectivity index (χ2v) is 5.19. The number of aromatic nitrogens is 4. The third-order valence-corrected chi connectivity index (χ3v) is 3.67. The van der Waals surface area contributed by atoms with Crippen LogP contribution in [0, 0.1) is 0 Å². The minimum atomic E-state index is -0.346. The molecule has 0 fully saturated rings. The Hall–Kier alpha value is -2.76. The van der Waals surface area contributed by atoms with Crippen molar-refractivity contribution in [3.05, 3.63) is 54.1 Å². The minimum Gasteiger partial charge on any atom is -0.319 e. The monoisotopic (exact) mass is 295 g/mol. The summed E-state index contributed by atoms with van der Waals surface area (Å²) in [6.07, 6.45) is 4.40. The van der Waals surface area contributed by atoms with E-state index in [-0.39, 0.29) is 11.7 Å². The summed E-state index contributed by atoms with van der Waals surface area (Å²) in [6.45, 7) is 4.34. The average molecular weight is 295 g/mol. The van der Waals surface area contributed by atoms with Crippen molar-refractivity contribution in [3.8, 4) is 0 Å². The molecule has 1 atom stereocenters. The molecular formula is C16H17N5O. The van der Waals surface area contributed by atoms with E-state index < -0.39 is 0 Å². The van der Waals surface area contributed by atoms with E-state index in [9.17, 15) is 4.79 Å². The second-order valence-electron chi connectivity index (χ2n) is 5.19. The molecule has 1 aromatic carbocycles. The highest BCUT2D eigenvalue weighted by Crippen LogP contribution is 2.20. The molecule has 0 saturated carbocycles. The number of anilines is 1. The summed E-state index contributed by atoms with van der Waals surface area (Å²) in [7, 11) is 0. The second kappa shape index (κ2) is 5.93. The molecule has 0 aliphatic heterocycles. The molecule has 0 aliphatic carbocycles. The van der Waals surface area contributed by atoms with Gasteiger partial charge in [-0.2, -0.15) is 4.98 Å². The summed E-state index contributed by atoms with van der Waals surface area (Å²) in [4.78, 5) is 20.3. The number of amides is 1. The third kappa shape index (κ3) is 2.81. The first-order valence-corrected chi connectivity index (χ1v) is 7.26. The number of carbonyl (C=O) groups is 1. The highest BCUT2D eigenvalue weighted by atomic mass is 16.2. The van der Waals surface area contributed by atoms with Crippen LogP contribution in [-0.4, -0.2) is 25.5 Å². The Labute approximate surface area is 128 Å². The van der Waals surface area contributed by atoms with Gasteiger partial charge in [0.2, 0.25) is 5.82 Å². The van der Waals surface area contributed by atoms with Crippen molar-refractivity contribution in [2.75, 3.05) is 5.32 Å². The molecule has 2 heterocycles. The number of benzene rings is 1. The highest BCUT2D eigenvalue weighted by Gasteiger charge is 2.13. The molecule has 3 aromatic rings. The molecule has 0 unspecified atom stereocenters. The SMILES string of the molecule is CC[C@@H](C)c1ccc(NC(=O)c2nc3ncccn3n2)cc1. The quantitative estimate of drug-likeness (QED) is 0.803. The Balaban J connectivity index is 1.76. The van der Waals surface area contributed by atoms with Crippen LogP contribution < -0.4 is 5.32 Å². The topological polar surface area (TPSA) is 72.2 Å². The van der Waals surface area contributed by atoms with Crippen molar-refractivity contribution in [3.63, 3.8) is 0 Å². The van der Waals surface area contributed by atoms with Crippen LogP contribution in [0.3, 0.4) is 0 Å². The molecule has 0 bridgehead atoms. The predicted octanol–water partition coefficient (Wildman–Crippen LogP) is 2.89. The molecule has 22 heavy (non-hydrogen) atoms. The fraction of sp³-hybridized carbons (Fsp3) is 0.250. The summed E-state index contributed by atoms with van der Waals surface area (Å²) in [5.41, 5.74) is 1.99. The first-order valence-electron chi connectivity index (χ1n) is 7.26. The van der Waals surface area contributed by atoms with Crippen LogP contribution in [0.25, 0.3) is 5.78 Å². The van der Waals surface area contributed by atoms with Gasteiger partial charge in [-0.25, -0.2) is 9.50 Å². The number of rotatable bonds is 4. The van der Waals surface area contributed by atoms with Crippen molar-refractivity contribution in [1.29, 1.82) is 0 Å². The zero-order valence-corrected chi connectivity index (χ0v) is 12.5. The van der Waals surface area contributed by atoms with Gasteiger partial charge in [0.1, 0.15) is 0 Å².